The summed E-state index contributed by atoms with van der Waals surface area (Å²) in [5.74, 6) is -1.97. The summed E-state index contributed by atoms with van der Waals surface area (Å²) < 4.78 is 4.66. The van der Waals surface area contributed by atoms with Gasteiger partial charge in [0.15, 0.2) is 0 Å². The Morgan fingerprint density at radius 2 is 1.94 bits per heavy atom. The van der Waals surface area contributed by atoms with Crippen molar-refractivity contribution in [3.8, 4) is 0 Å². The van der Waals surface area contributed by atoms with Crippen molar-refractivity contribution in [3.05, 3.63) is 0 Å². The number of amides is 2. The van der Waals surface area contributed by atoms with E-state index in [4.69, 9.17) is 5.11 Å². The quantitative estimate of drug-likeness (QED) is 0.596. The topological polar surface area (TPSA) is 95.9 Å². The van der Waals surface area contributed by atoms with Crippen LogP contribution in [0.3, 0.4) is 0 Å². The molecule has 0 fully saturated rings. The van der Waals surface area contributed by atoms with E-state index in [1.54, 1.807) is 6.92 Å². The highest BCUT2D eigenvalue weighted by Crippen LogP contribution is 1.98. The van der Waals surface area contributed by atoms with Crippen molar-refractivity contribution < 1.29 is 24.2 Å². The van der Waals surface area contributed by atoms with Crippen LogP contribution in [-0.2, 0) is 19.1 Å². The number of carboxylic acid groups (broad SMARTS) is 1. The minimum Gasteiger partial charge on any atom is -0.480 e. The first kappa shape index (κ1) is 15.4. The molecule has 7 heteroatoms. The monoisotopic (exact) mass is 246 g/mol. The molecule has 1 unspecified atom stereocenters. The van der Waals surface area contributed by atoms with Crippen molar-refractivity contribution in [2.45, 2.75) is 6.92 Å². The Morgan fingerprint density at radius 1 is 1.35 bits per heavy atom. The van der Waals surface area contributed by atoms with Gasteiger partial charge in [0.1, 0.15) is 13.2 Å². The van der Waals surface area contributed by atoms with Crippen LogP contribution in [0.4, 0.5) is 0 Å². The van der Waals surface area contributed by atoms with Gasteiger partial charge in [0.2, 0.25) is 11.8 Å². The van der Waals surface area contributed by atoms with E-state index in [0.717, 1.165) is 0 Å². The van der Waals surface area contributed by atoms with Crippen molar-refractivity contribution in [2.75, 3.05) is 33.9 Å². The SMILES string of the molecule is CNC(=O)C(C)CN(C)C(=O)COCC(=O)O. The summed E-state index contributed by atoms with van der Waals surface area (Å²) in [6, 6.07) is 0. The predicted molar refractivity (Wildman–Crippen MR) is 59.3 cm³/mol. The molecule has 2 amide bonds. The summed E-state index contributed by atoms with van der Waals surface area (Å²) in [5.41, 5.74) is 0. The molecule has 0 aromatic heterocycles. The van der Waals surface area contributed by atoms with Crippen LogP contribution in [0, 0.1) is 5.92 Å². The van der Waals surface area contributed by atoms with Gasteiger partial charge in [-0.15, -0.1) is 0 Å². The molecule has 7 nitrogen and oxygen atoms in total. The number of nitrogens with zero attached hydrogens (tertiary/aromatic N) is 1. The fourth-order valence-corrected chi connectivity index (χ4v) is 1.18. The predicted octanol–water partition coefficient (Wildman–Crippen LogP) is -1.07. The third-order valence-electron chi connectivity index (χ3n) is 2.12. The minimum absolute atomic E-state index is 0.156. The lowest BCUT2D eigenvalue weighted by molar-refractivity contribution is -0.145. The average molecular weight is 246 g/mol. The van der Waals surface area contributed by atoms with E-state index >= 15 is 0 Å². The van der Waals surface area contributed by atoms with Gasteiger partial charge in [-0.3, -0.25) is 9.59 Å². The average Bonchev–Trinajstić information content (AvgIpc) is 2.26. The summed E-state index contributed by atoms with van der Waals surface area (Å²) in [6.07, 6.45) is 0. The second-order valence-corrected chi connectivity index (χ2v) is 3.68. The van der Waals surface area contributed by atoms with Crippen LogP contribution >= 0.6 is 0 Å². The number of likely N-dealkylation sites (N-methyl/N-ethyl adjacent to an activating group) is 1. The highest BCUT2D eigenvalue weighted by Gasteiger charge is 2.17. The number of carbonyl (C=O) groups excluding carboxylic acids is 2. The molecule has 1 atom stereocenters. The summed E-state index contributed by atoms with van der Waals surface area (Å²) >= 11 is 0. The van der Waals surface area contributed by atoms with Gasteiger partial charge < -0.3 is 20.1 Å². The maximum absolute atomic E-state index is 11.4. The van der Waals surface area contributed by atoms with Crippen LogP contribution in [0.5, 0.6) is 0 Å². The molecule has 0 aromatic rings. The third kappa shape index (κ3) is 6.52. The van der Waals surface area contributed by atoms with E-state index in [-0.39, 0.29) is 30.9 Å². The molecular formula is C10H18N2O5. The zero-order chi connectivity index (χ0) is 13.4. The fraction of sp³-hybridized carbons (Fsp3) is 0.700. The van der Waals surface area contributed by atoms with Crippen LogP contribution in [0.1, 0.15) is 6.92 Å². The highest BCUT2D eigenvalue weighted by molar-refractivity contribution is 5.81. The zero-order valence-corrected chi connectivity index (χ0v) is 10.2. The van der Waals surface area contributed by atoms with Gasteiger partial charge in [-0.2, -0.15) is 0 Å². The van der Waals surface area contributed by atoms with E-state index in [9.17, 15) is 14.4 Å². The first-order valence-corrected chi connectivity index (χ1v) is 5.13. The van der Waals surface area contributed by atoms with E-state index in [1.807, 2.05) is 0 Å². The standard InChI is InChI=1S/C10H18N2O5/c1-7(10(16)11-2)4-12(3)8(13)5-17-6-9(14)15/h7H,4-6H2,1-3H3,(H,11,16)(H,14,15). The lowest BCUT2D eigenvalue weighted by Gasteiger charge is -2.20. The molecule has 0 spiro atoms. The van der Waals surface area contributed by atoms with Crippen molar-refractivity contribution in [3.63, 3.8) is 0 Å². The van der Waals surface area contributed by atoms with Gasteiger partial charge in [0, 0.05) is 20.6 Å². The number of ether oxygens (including phenoxy) is 1. The first-order chi connectivity index (χ1) is 7.88. The largest absolute Gasteiger partial charge is 0.480 e. The van der Waals surface area contributed by atoms with Crippen LogP contribution in [0.25, 0.3) is 0 Å². The summed E-state index contributed by atoms with van der Waals surface area (Å²) in [6.45, 7) is 1.14. The maximum Gasteiger partial charge on any atom is 0.329 e. The number of hydrogen-bond donors (Lipinski definition) is 2. The molecular weight excluding hydrogens is 228 g/mol. The number of rotatable bonds is 7. The number of nitrogens with one attached hydrogen (secondary N) is 1. The maximum atomic E-state index is 11.4. The Kier molecular flexibility index (Phi) is 6.88. The summed E-state index contributed by atoms with van der Waals surface area (Å²) in [7, 11) is 3.06. The molecule has 0 saturated heterocycles. The summed E-state index contributed by atoms with van der Waals surface area (Å²) in [4.78, 5) is 34.2. The molecule has 0 bridgehead atoms. The van der Waals surface area contributed by atoms with Crippen LogP contribution in [-0.4, -0.2) is 61.6 Å². The third-order valence-corrected chi connectivity index (χ3v) is 2.12. The molecule has 0 aliphatic heterocycles. The molecule has 0 heterocycles. The van der Waals surface area contributed by atoms with Crippen molar-refractivity contribution in [2.24, 2.45) is 5.92 Å². The van der Waals surface area contributed by atoms with Gasteiger partial charge >= 0.3 is 5.97 Å². The van der Waals surface area contributed by atoms with Gasteiger partial charge in [0.25, 0.3) is 0 Å². The Morgan fingerprint density at radius 3 is 2.41 bits per heavy atom. The van der Waals surface area contributed by atoms with Crippen molar-refractivity contribution in [1.82, 2.24) is 10.2 Å². The zero-order valence-electron chi connectivity index (χ0n) is 10.2. The Balaban J connectivity index is 3.96. The second kappa shape index (κ2) is 7.61. The number of carbonyl (C=O) groups is 3. The Bertz CT molecular complexity index is 292. The molecule has 0 aliphatic rings. The summed E-state index contributed by atoms with van der Waals surface area (Å²) in [5, 5.41) is 10.8. The Hall–Kier alpha value is -1.63. The molecule has 0 rings (SSSR count). The Labute approximate surface area is 99.7 Å². The van der Waals surface area contributed by atoms with E-state index < -0.39 is 12.6 Å². The number of aliphatic carboxylic acids is 1. The van der Waals surface area contributed by atoms with Crippen molar-refractivity contribution >= 4 is 17.8 Å². The van der Waals surface area contributed by atoms with Crippen LogP contribution < -0.4 is 5.32 Å². The van der Waals surface area contributed by atoms with Crippen LogP contribution in [0.15, 0.2) is 0 Å². The van der Waals surface area contributed by atoms with Gasteiger partial charge in [-0.25, -0.2) is 4.79 Å². The molecule has 0 aromatic carbocycles. The normalized spacial score (nSPS) is 11.7. The lowest BCUT2D eigenvalue weighted by Crippen LogP contribution is -2.39. The van der Waals surface area contributed by atoms with Crippen molar-refractivity contribution in [1.29, 1.82) is 0 Å². The molecule has 0 radical (unpaired) electrons. The first-order valence-electron chi connectivity index (χ1n) is 5.13. The smallest absolute Gasteiger partial charge is 0.329 e. The number of hydrogen-bond acceptors (Lipinski definition) is 4. The van der Waals surface area contributed by atoms with Gasteiger partial charge in [-0.1, -0.05) is 6.92 Å². The van der Waals surface area contributed by atoms with E-state index in [1.165, 1.54) is 19.0 Å². The molecule has 17 heavy (non-hydrogen) atoms. The molecule has 2 N–H and O–H groups in total. The molecule has 0 saturated carbocycles. The lowest BCUT2D eigenvalue weighted by atomic mass is 10.1. The van der Waals surface area contributed by atoms with Gasteiger partial charge in [-0.05, 0) is 0 Å². The highest BCUT2D eigenvalue weighted by atomic mass is 16.5. The van der Waals surface area contributed by atoms with Gasteiger partial charge in [0.05, 0.1) is 5.92 Å². The number of carboxylic acids is 1. The minimum atomic E-state index is -1.13. The second-order valence-electron chi connectivity index (χ2n) is 3.68. The van der Waals surface area contributed by atoms with E-state index in [0.29, 0.717) is 0 Å². The van der Waals surface area contributed by atoms with E-state index in [2.05, 4.69) is 10.1 Å². The molecule has 98 valence electrons. The fourth-order valence-electron chi connectivity index (χ4n) is 1.18. The van der Waals surface area contributed by atoms with Crippen LogP contribution in [0.2, 0.25) is 0 Å². The molecule has 0 aliphatic carbocycles.